The fourth-order valence-electron chi connectivity index (χ4n) is 3.18. The maximum atomic E-state index is 3.41. The predicted octanol–water partition coefficient (Wildman–Crippen LogP) is 4.19. The highest BCUT2D eigenvalue weighted by Crippen LogP contribution is 2.42. The van der Waals surface area contributed by atoms with Crippen molar-refractivity contribution < 1.29 is 0 Å². The van der Waals surface area contributed by atoms with Crippen molar-refractivity contribution in [3.8, 4) is 11.3 Å². The van der Waals surface area contributed by atoms with Gasteiger partial charge < -0.3 is 4.98 Å². The van der Waals surface area contributed by atoms with Crippen LogP contribution >= 0.6 is 0 Å². The number of aromatic nitrogens is 1. The minimum Gasteiger partial charge on any atom is -0.361 e. The van der Waals surface area contributed by atoms with Crippen LogP contribution in [0.1, 0.15) is 29.0 Å². The Morgan fingerprint density at radius 2 is 2.06 bits per heavy atom. The van der Waals surface area contributed by atoms with Gasteiger partial charge in [0, 0.05) is 29.8 Å². The Bertz CT molecular complexity index is 658. The molecule has 0 bridgehead atoms. The molecule has 1 aromatic heterocycles. The molecule has 0 aliphatic heterocycles. The van der Waals surface area contributed by atoms with Crippen molar-refractivity contribution in [3.63, 3.8) is 0 Å². The summed E-state index contributed by atoms with van der Waals surface area (Å²) >= 11 is 0. The van der Waals surface area contributed by atoms with Crippen LogP contribution in [-0.2, 0) is 6.42 Å². The molecule has 2 aliphatic carbocycles. The Labute approximate surface area is 107 Å². The quantitative estimate of drug-likeness (QED) is 0.648. The average Bonchev–Trinajstić information content (AvgIpc) is 2.99. The molecule has 0 saturated carbocycles. The van der Waals surface area contributed by atoms with Gasteiger partial charge in [-0.3, -0.25) is 0 Å². The minimum atomic E-state index is 0.527. The molecule has 0 spiro atoms. The number of H-pyrrole nitrogens is 1. The second-order valence-electron chi connectivity index (χ2n) is 5.09. The normalized spacial score (nSPS) is 19.9. The van der Waals surface area contributed by atoms with E-state index in [0.717, 1.165) is 12.8 Å². The molecule has 1 atom stereocenters. The van der Waals surface area contributed by atoms with E-state index >= 15 is 0 Å². The second kappa shape index (κ2) is 3.74. The number of aromatic amines is 1. The first-order chi connectivity index (χ1) is 8.93. The summed E-state index contributed by atoms with van der Waals surface area (Å²) in [6.07, 6.45) is 13.1. The van der Waals surface area contributed by atoms with Crippen molar-refractivity contribution in [1.29, 1.82) is 0 Å². The zero-order valence-electron chi connectivity index (χ0n) is 10.2. The summed E-state index contributed by atoms with van der Waals surface area (Å²) in [4.78, 5) is 3.41. The van der Waals surface area contributed by atoms with E-state index in [-0.39, 0.29) is 0 Å². The lowest BCUT2D eigenvalue weighted by molar-refractivity contribution is 0.854. The SMILES string of the molecule is C1=CCC(c2cccc3c2-c2[nH]ccc2C3)C=C1. The predicted molar refractivity (Wildman–Crippen MR) is 74.7 cm³/mol. The summed E-state index contributed by atoms with van der Waals surface area (Å²) in [7, 11) is 0. The molecule has 18 heavy (non-hydrogen) atoms. The van der Waals surface area contributed by atoms with Gasteiger partial charge in [0.1, 0.15) is 0 Å². The van der Waals surface area contributed by atoms with E-state index in [0.29, 0.717) is 5.92 Å². The Morgan fingerprint density at radius 3 is 2.94 bits per heavy atom. The van der Waals surface area contributed by atoms with Gasteiger partial charge in [-0.05, 0) is 29.2 Å². The molecule has 2 aliphatic rings. The second-order valence-corrected chi connectivity index (χ2v) is 5.09. The van der Waals surface area contributed by atoms with E-state index in [1.807, 2.05) is 0 Å². The van der Waals surface area contributed by atoms with Crippen LogP contribution in [0.3, 0.4) is 0 Å². The smallest absolute Gasteiger partial charge is 0.0495 e. The van der Waals surface area contributed by atoms with E-state index in [9.17, 15) is 0 Å². The van der Waals surface area contributed by atoms with Gasteiger partial charge >= 0.3 is 0 Å². The number of fused-ring (bicyclic) bond motifs is 3. The monoisotopic (exact) mass is 233 g/mol. The number of allylic oxidation sites excluding steroid dienone is 4. The van der Waals surface area contributed by atoms with Crippen LogP contribution in [0.2, 0.25) is 0 Å². The molecule has 0 radical (unpaired) electrons. The molecule has 1 unspecified atom stereocenters. The number of rotatable bonds is 1. The van der Waals surface area contributed by atoms with Crippen molar-refractivity contribution in [2.24, 2.45) is 0 Å². The van der Waals surface area contributed by atoms with Crippen molar-refractivity contribution in [2.75, 3.05) is 0 Å². The highest BCUT2D eigenvalue weighted by atomic mass is 14.7. The molecular formula is C17H15N. The van der Waals surface area contributed by atoms with Gasteiger partial charge in [0.25, 0.3) is 0 Å². The molecule has 1 N–H and O–H groups in total. The summed E-state index contributed by atoms with van der Waals surface area (Å²) in [6, 6.07) is 8.94. The molecule has 1 aromatic carbocycles. The van der Waals surface area contributed by atoms with Crippen LogP contribution in [0.25, 0.3) is 11.3 Å². The highest BCUT2D eigenvalue weighted by Gasteiger charge is 2.24. The molecule has 1 nitrogen and oxygen atoms in total. The van der Waals surface area contributed by atoms with Crippen molar-refractivity contribution in [1.82, 2.24) is 4.98 Å². The highest BCUT2D eigenvalue weighted by molar-refractivity contribution is 5.77. The first-order valence-electron chi connectivity index (χ1n) is 6.55. The number of hydrogen-bond acceptors (Lipinski definition) is 0. The fraction of sp³-hybridized carbons (Fsp3) is 0.176. The van der Waals surface area contributed by atoms with Gasteiger partial charge in [0.2, 0.25) is 0 Å². The molecule has 88 valence electrons. The summed E-state index contributed by atoms with van der Waals surface area (Å²) < 4.78 is 0. The summed E-state index contributed by atoms with van der Waals surface area (Å²) in [6.45, 7) is 0. The van der Waals surface area contributed by atoms with Gasteiger partial charge in [0.15, 0.2) is 0 Å². The third kappa shape index (κ3) is 1.34. The van der Waals surface area contributed by atoms with E-state index in [2.05, 4.69) is 59.8 Å². The Morgan fingerprint density at radius 1 is 1.06 bits per heavy atom. The number of nitrogens with one attached hydrogen (secondary N) is 1. The van der Waals surface area contributed by atoms with E-state index in [1.54, 1.807) is 0 Å². The standard InChI is InChI=1S/C17H15N/c1-2-5-12(6-3-1)15-8-4-7-13-11-14-9-10-18-17(14)16(13)15/h1-5,7-10,12,18H,6,11H2. The van der Waals surface area contributed by atoms with Crippen molar-refractivity contribution >= 4 is 0 Å². The van der Waals surface area contributed by atoms with Gasteiger partial charge in [0.05, 0.1) is 0 Å². The summed E-state index contributed by atoms with van der Waals surface area (Å²) in [5.74, 6) is 0.527. The summed E-state index contributed by atoms with van der Waals surface area (Å²) in [5.41, 5.74) is 7.16. The van der Waals surface area contributed by atoms with E-state index in [4.69, 9.17) is 0 Å². The molecule has 2 aromatic rings. The first-order valence-corrected chi connectivity index (χ1v) is 6.55. The van der Waals surface area contributed by atoms with Crippen molar-refractivity contribution in [2.45, 2.75) is 18.8 Å². The Hall–Kier alpha value is -2.02. The lowest BCUT2D eigenvalue weighted by Crippen LogP contribution is -1.99. The first kappa shape index (κ1) is 9.95. The zero-order valence-corrected chi connectivity index (χ0v) is 10.2. The van der Waals surface area contributed by atoms with Crippen molar-refractivity contribution in [3.05, 3.63) is 71.5 Å². The van der Waals surface area contributed by atoms with Crippen LogP contribution in [0.5, 0.6) is 0 Å². The molecule has 0 fully saturated rings. The molecule has 1 heterocycles. The van der Waals surface area contributed by atoms with Gasteiger partial charge in [-0.2, -0.15) is 0 Å². The van der Waals surface area contributed by atoms with Crippen LogP contribution in [0.4, 0.5) is 0 Å². The van der Waals surface area contributed by atoms with Gasteiger partial charge in [-0.1, -0.05) is 42.5 Å². The Kier molecular flexibility index (Phi) is 2.07. The average molecular weight is 233 g/mol. The zero-order chi connectivity index (χ0) is 11.9. The minimum absolute atomic E-state index is 0.527. The number of benzene rings is 1. The topological polar surface area (TPSA) is 15.8 Å². The molecule has 1 heteroatoms. The number of hydrogen-bond donors (Lipinski definition) is 1. The third-order valence-corrected chi connectivity index (χ3v) is 4.03. The molecule has 0 saturated heterocycles. The fourth-order valence-corrected chi connectivity index (χ4v) is 3.18. The molecule has 0 amide bonds. The lowest BCUT2D eigenvalue weighted by Gasteiger charge is -2.17. The van der Waals surface area contributed by atoms with Crippen LogP contribution in [0.15, 0.2) is 54.8 Å². The maximum Gasteiger partial charge on any atom is 0.0495 e. The third-order valence-electron chi connectivity index (χ3n) is 4.03. The Balaban J connectivity index is 1.90. The van der Waals surface area contributed by atoms with E-state index in [1.165, 1.54) is 27.9 Å². The van der Waals surface area contributed by atoms with Gasteiger partial charge in [-0.25, -0.2) is 0 Å². The molecule has 4 rings (SSSR count). The van der Waals surface area contributed by atoms with Crippen LogP contribution in [-0.4, -0.2) is 4.98 Å². The largest absolute Gasteiger partial charge is 0.361 e. The maximum absolute atomic E-state index is 3.41. The molecular weight excluding hydrogens is 218 g/mol. The lowest BCUT2D eigenvalue weighted by atomic mass is 9.87. The summed E-state index contributed by atoms with van der Waals surface area (Å²) in [5, 5.41) is 0. The van der Waals surface area contributed by atoms with Crippen LogP contribution in [0, 0.1) is 0 Å². The van der Waals surface area contributed by atoms with Crippen LogP contribution < -0.4 is 0 Å². The van der Waals surface area contributed by atoms with E-state index < -0.39 is 0 Å². The van der Waals surface area contributed by atoms with Gasteiger partial charge in [-0.15, -0.1) is 0 Å².